The number of ether oxygens (including phenoxy) is 1. The summed E-state index contributed by atoms with van der Waals surface area (Å²) in [5.41, 5.74) is 9.28. The molecule has 55 heavy (non-hydrogen) atoms. The summed E-state index contributed by atoms with van der Waals surface area (Å²) in [6, 6.07) is 65.4. The second-order valence-corrected chi connectivity index (χ2v) is 13.2. The molecular formula is C48H29N5OPt-2. The van der Waals surface area contributed by atoms with Crippen LogP contribution in [0.25, 0.3) is 77.5 Å². The molecular weight excluding hydrogens is 858 g/mol. The van der Waals surface area contributed by atoms with Crippen LogP contribution in [0.5, 0.6) is 11.5 Å². The Balaban J connectivity index is 0.00000372. The maximum Gasteiger partial charge on any atom is 0.268 e. The van der Waals surface area contributed by atoms with Crippen LogP contribution in [-0.4, -0.2) is 18.7 Å². The van der Waals surface area contributed by atoms with Crippen LogP contribution < -0.4 is 9.30 Å². The van der Waals surface area contributed by atoms with Crippen LogP contribution in [0.2, 0.25) is 0 Å². The number of aromatic nitrogens is 5. The number of fused-ring (bicyclic) bond motifs is 8. The summed E-state index contributed by atoms with van der Waals surface area (Å²) in [7, 11) is 0. The van der Waals surface area contributed by atoms with Gasteiger partial charge in [-0.05, 0) is 65.7 Å². The van der Waals surface area contributed by atoms with E-state index in [0.29, 0.717) is 11.5 Å². The minimum atomic E-state index is 0. The van der Waals surface area contributed by atoms with Crippen LogP contribution in [0.3, 0.4) is 0 Å². The van der Waals surface area contributed by atoms with E-state index in [1.165, 1.54) is 10.8 Å². The van der Waals surface area contributed by atoms with E-state index >= 15 is 0 Å². The molecule has 4 heterocycles. The number of hydrogen-bond acceptors (Lipinski definition) is 2. The first kappa shape index (κ1) is 32.9. The van der Waals surface area contributed by atoms with Gasteiger partial charge in [-0.15, -0.1) is 29.7 Å². The Morgan fingerprint density at radius 3 is 1.96 bits per heavy atom. The molecule has 0 radical (unpaired) electrons. The summed E-state index contributed by atoms with van der Waals surface area (Å²) in [5.74, 6) is 1.97. The van der Waals surface area contributed by atoms with Crippen LogP contribution in [0, 0.1) is 18.5 Å². The van der Waals surface area contributed by atoms with Gasteiger partial charge in [0.1, 0.15) is 5.82 Å². The summed E-state index contributed by atoms with van der Waals surface area (Å²) < 4.78 is 15.2. The third-order valence-corrected chi connectivity index (χ3v) is 10.1. The second-order valence-electron chi connectivity index (χ2n) is 13.2. The maximum absolute atomic E-state index is 6.58. The largest absolute Gasteiger partial charge is 0.510 e. The molecule has 4 aromatic heterocycles. The number of hydrogen-bond donors (Lipinski definition) is 0. The molecule has 0 aliphatic rings. The first-order valence-electron chi connectivity index (χ1n) is 17.9. The van der Waals surface area contributed by atoms with Crippen molar-refractivity contribution in [1.29, 1.82) is 0 Å². The molecule has 11 rings (SSSR count). The molecule has 0 unspecified atom stereocenters. The van der Waals surface area contributed by atoms with E-state index in [-0.39, 0.29) is 21.1 Å². The molecule has 7 aromatic carbocycles. The fourth-order valence-corrected chi connectivity index (χ4v) is 7.86. The van der Waals surface area contributed by atoms with Crippen LogP contribution in [0.1, 0.15) is 0 Å². The zero-order valence-corrected chi connectivity index (χ0v) is 31.5. The molecule has 264 valence electrons. The second kappa shape index (κ2) is 13.3. The molecule has 6 nitrogen and oxygen atoms in total. The first-order valence-corrected chi connectivity index (χ1v) is 17.9. The Kier molecular flexibility index (Phi) is 7.93. The fourth-order valence-electron chi connectivity index (χ4n) is 7.86. The minimum Gasteiger partial charge on any atom is -0.510 e. The topological polar surface area (TPSA) is 40.8 Å². The molecule has 0 atom stereocenters. The zero-order chi connectivity index (χ0) is 35.6. The third kappa shape index (κ3) is 5.29. The molecule has 0 spiro atoms. The Hall–Kier alpha value is -6.75. The molecule has 0 fully saturated rings. The van der Waals surface area contributed by atoms with Crippen molar-refractivity contribution in [3.63, 3.8) is 0 Å². The average Bonchev–Trinajstić information content (AvgIpc) is 3.90. The van der Waals surface area contributed by atoms with Crippen molar-refractivity contribution in [2.45, 2.75) is 0 Å². The van der Waals surface area contributed by atoms with Gasteiger partial charge in [0.15, 0.2) is 0 Å². The van der Waals surface area contributed by atoms with Crippen molar-refractivity contribution in [2.24, 2.45) is 0 Å². The molecule has 0 N–H and O–H groups in total. The molecule has 11 aromatic rings. The van der Waals surface area contributed by atoms with Gasteiger partial charge in [0.2, 0.25) is 0 Å². The van der Waals surface area contributed by atoms with E-state index in [1.807, 2.05) is 83.6 Å². The van der Waals surface area contributed by atoms with Crippen molar-refractivity contribution in [2.75, 3.05) is 0 Å². The normalized spacial score (nSPS) is 11.5. The van der Waals surface area contributed by atoms with Crippen LogP contribution in [0.4, 0.5) is 0 Å². The molecule has 0 saturated heterocycles. The summed E-state index contributed by atoms with van der Waals surface area (Å²) in [5, 5.41) is 4.60. The van der Waals surface area contributed by atoms with E-state index in [2.05, 4.69) is 129 Å². The summed E-state index contributed by atoms with van der Waals surface area (Å²) >= 11 is 0. The number of benzene rings is 7. The Labute approximate surface area is 331 Å². The van der Waals surface area contributed by atoms with Gasteiger partial charge in [0, 0.05) is 60.7 Å². The average molecular weight is 887 g/mol. The standard InChI is InChI=1S/C48H29N5O.Pt/c1-3-14-33(15-4-1)50-32-51(42-23-10-9-22-41(42)50)35-18-13-19-36(30-35)54-37-25-26-39-45(31-37)53(46-24-11-12-29-49-46)44-28-27-43-47(48(39)44)38-20-7-8-21-40(38)52(43)34-16-5-2-6-17-34;/h1-29H;/q-2;. The molecule has 0 amide bonds. The number of nitrogens with zero attached hydrogens (tertiary/aromatic N) is 5. The summed E-state index contributed by atoms with van der Waals surface area (Å²) in [6.45, 7) is 0. The Bertz CT molecular complexity index is 3190. The van der Waals surface area contributed by atoms with Gasteiger partial charge in [-0.3, -0.25) is 4.57 Å². The predicted molar refractivity (Wildman–Crippen MR) is 214 cm³/mol. The van der Waals surface area contributed by atoms with E-state index in [4.69, 9.17) is 9.72 Å². The number of imidazole rings is 1. The van der Waals surface area contributed by atoms with Gasteiger partial charge < -0.3 is 18.4 Å². The fraction of sp³-hybridized carbons (Fsp3) is 0. The van der Waals surface area contributed by atoms with Crippen LogP contribution in [0.15, 0.2) is 176 Å². The molecule has 0 bridgehead atoms. The van der Waals surface area contributed by atoms with Crippen molar-refractivity contribution in [3.05, 3.63) is 195 Å². The quantitative estimate of drug-likeness (QED) is 0.123. The SMILES string of the molecule is [Pt].[c-]1c(Oc2[c-]c3c(cc2)c2c4c5ccccc5n(-c5ccccc5)c4ccc2n3-c2ccccn2)cccc1-[n+]1[c-]n(-c2ccccc2)c2ccccc21. The zero-order valence-electron chi connectivity index (χ0n) is 29.2. The smallest absolute Gasteiger partial charge is 0.268 e. The maximum atomic E-state index is 6.58. The third-order valence-electron chi connectivity index (χ3n) is 10.1. The monoisotopic (exact) mass is 886 g/mol. The van der Waals surface area contributed by atoms with Gasteiger partial charge in [-0.25, -0.2) is 4.98 Å². The molecule has 0 aliphatic heterocycles. The summed E-state index contributed by atoms with van der Waals surface area (Å²) in [6.07, 6.45) is 5.37. The van der Waals surface area contributed by atoms with Gasteiger partial charge in [0.05, 0.1) is 27.8 Å². The predicted octanol–water partition coefficient (Wildman–Crippen LogP) is 10.7. The van der Waals surface area contributed by atoms with Gasteiger partial charge in [-0.2, -0.15) is 18.2 Å². The van der Waals surface area contributed by atoms with E-state index in [1.54, 1.807) is 0 Å². The van der Waals surface area contributed by atoms with Crippen molar-refractivity contribution >= 4 is 54.6 Å². The van der Waals surface area contributed by atoms with E-state index in [9.17, 15) is 0 Å². The Morgan fingerprint density at radius 2 is 1.16 bits per heavy atom. The van der Waals surface area contributed by atoms with E-state index in [0.717, 1.165) is 66.8 Å². The van der Waals surface area contributed by atoms with Crippen molar-refractivity contribution in [3.8, 4) is 34.4 Å². The van der Waals surface area contributed by atoms with Crippen molar-refractivity contribution in [1.82, 2.24) is 18.7 Å². The number of rotatable bonds is 6. The molecule has 0 saturated carbocycles. The van der Waals surface area contributed by atoms with Gasteiger partial charge in [-0.1, -0.05) is 90.4 Å². The summed E-state index contributed by atoms with van der Waals surface area (Å²) in [4.78, 5) is 4.81. The minimum absolute atomic E-state index is 0. The van der Waals surface area contributed by atoms with Crippen LogP contribution >= 0.6 is 0 Å². The Morgan fingerprint density at radius 1 is 0.491 bits per heavy atom. The molecule has 7 heteroatoms. The van der Waals surface area contributed by atoms with Crippen LogP contribution in [-0.2, 0) is 21.1 Å². The first-order chi connectivity index (χ1) is 26.8. The number of pyridine rings is 1. The van der Waals surface area contributed by atoms with Gasteiger partial charge in [0.25, 0.3) is 6.33 Å². The van der Waals surface area contributed by atoms with E-state index < -0.39 is 0 Å². The van der Waals surface area contributed by atoms with Gasteiger partial charge >= 0.3 is 0 Å². The van der Waals surface area contributed by atoms with Crippen molar-refractivity contribution < 1.29 is 30.4 Å². The number of para-hydroxylation sites is 5. The molecule has 0 aliphatic carbocycles.